The van der Waals surface area contributed by atoms with Crippen LogP contribution in [0, 0.1) is 0 Å². The summed E-state index contributed by atoms with van der Waals surface area (Å²) < 4.78 is 22.2. The van der Waals surface area contributed by atoms with Crippen molar-refractivity contribution in [1.29, 1.82) is 0 Å². The first kappa shape index (κ1) is 48.4. The molecule has 0 spiro atoms. The van der Waals surface area contributed by atoms with Crippen molar-refractivity contribution >= 4 is 5.91 Å². The molecular formula is C40H71NO13. The average molecular weight is 774 g/mol. The minimum Gasteiger partial charge on any atom is -0.394 e. The number of aliphatic hydroxyl groups excluding tert-OH is 8. The summed E-state index contributed by atoms with van der Waals surface area (Å²) in [6, 6.07) is -0.931. The molecule has 0 aromatic carbocycles. The van der Waals surface area contributed by atoms with Crippen molar-refractivity contribution in [2.24, 2.45) is 0 Å². The molecule has 9 N–H and O–H groups in total. The predicted octanol–water partition coefficient (Wildman–Crippen LogP) is 2.42. The maximum absolute atomic E-state index is 12.2. The molecule has 2 saturated heterocycles. The van der Waals surface area contributed by atoms with E-state index in [1.165, 1.54) is 64.2 Å². The molecule has 12 unspecified atom stereocenters. The van der Waals surface area contributed by atoms with Crippen LogP contribution >= 0.6 is 0 Å². The summed E-state index contributed by atoms with van der Waals surface area (Å²) >= 11 is 0. The molecular weight excluding hydrogens is 702 g/mol. The molecule has 54 heavy (non-hydrogen) atoms. The molecule has 2 aliphatic rings. The van der Waals surface area contributed by atoms with E-state index in [0.29, 0.717) is 6.42 Å². The van der Waals surface area contributed by atoms with Crippen molar-refractivity contribution in [2.75, 3.05) is 19.8 Å². The predicted molar refractivity (Wildman–Crippen MR) is 203 cm³/mol. The molecule has 2 heterocycles. The smallest absolute Gasteiger partial charge is 0.220 e. The quantitative estimate of drug-likeness (QED) is 0.0412. The van der Waals surface area contributed by atoms with Crippen LogP contribution in [0.5, 0.6) is 0 Å². The van der Waals surface area contributed by atoms with Crippen LogP contribution < -0.4 is 5.32 Å². The van der Waals surface area contributed by atoms with Crippen LogP contribution in [-0.2, 0) is 23.7 Å². The van der Waals surface area contributed by atoms with E-state index in [1.54, 1.807) is 13.0 Å². The number of amides is 1. The number of nitrogens with one attached hydrogen (secondary N) is 1. The lowest BCUT2D eigenvalue weighted by Gasteiger charge is -2.46. The first-order valence-electron chi connectivity index (χ1n) is 20.2. The Bertz CT molecular complexity index is 1060. The van der Waals surface area contributed by atoms with Gasteiger partial charge >= 0.3 is 0 Å². The fourth-order valence-electron chi connectivity index (χ4n) is 6.40. The first-order valence-corrected chi connectivity index (χ1v) is 20.2. The molecule has 314 valence electrons. The van der Waals surface area contributed by atoms with Crippen molar-refractivity contribution in [3.63, 3.8) is 0 Å². The van der Waals surface area contributed by atoms with Crippen LogP contribution in [0.15, 0.2) is 36.5 Å². The number of carbonyl (C=O) groups excluding carboxylic acids is 1. The number of hydrogen-bond acceptors (Lipinski definition) is 13. The number of carbonyl (C=O) groups is 1. The fraction of sp³-hybridized carbons (Fsp3) is 0.825. The molecule has 0 aromatic rings. The lowest BCUT2D eigenvalue weighted by atomic mass is 9.97. The topological polar surface area (TPSA) is 228 Å². The zero-order chi connectivity index (χ0) is 39.7. The van der Waals surface area contributed by atoms with Gasteiger partial charge in [-0.1, -0.05) is 108 Å². The minimum absolute atomic E-state index is 0.150. The van der Waals surface area contributed by atoms with Crippen LogP contribution in [0.25, 0.3) is 0 Å². The van der Waals surface area contributed by atoms with Crippen molar-refractivity contribution in [3.05, 3.63) is 36.5 Å². The van der Waals surface area contributed by atoms with Gasteiger partial charge in [-0.2, -0.15) is 0 Å². The van der Waals surface area contributed by atoms with E-state index in [4.69, 9.17) is 18.9 Å². The molecule has 2 fully saturated rings. The molecule has 0 saturated carbocycles. The molecule has 0 aliphatic carbocycles. The summed E-state index contributed by atoms with van der Waals surface area (Å²) in [4.78, 5) is 12.2. The highest BCUT2D eigenvalue weighted by atomic mass is 16.7. The van der Waals surface area contributed by atoms with Gasteiger partial charge in [0, 0.05) is 6.42 Å². The maximum atomic E-state index is 12.2. The molecule has 2 aliphatic heterocycles. The molecule has 14 heteroatoms. The van der Waals surface area contributed by atoms with Crippen molar-refractivity contribution in [3.8, 4) is 0 Å². The highest BCUT2D eigenvalue weighted by molar-refractivity contribution is 5.75. The highest BCUT2D eigenvalue weighted by Crippen LogP contribution is 2.29. The van der Waals surface area contributed by atoms with Crippen LogP contribution in [0.3, 0.4) is 0 Å². The van der Waals surface area contributed by atoms with Crippen LogP contribution in [0.1, 0.15) is 117 Å². The Morgan fingerprint density at radius 1 is 0.648 bits per heavy atom. The van der Waals surface area contributed by atoms with Gasteiger partial charge in [-0.25, -0.2) is 0 Å². The van der Waals surface area contributed by atoms with Crippen LogP contribution in [-0.4, -0.2) is 140 Å². The maximum Gasteiger partial charge on any atom is 0.220 e. The number of allylic oxidation sites excluding steroid dienone is 5. The van der Waals surface area contributed by atoms with E-state index in [1.807, 2.05) is 6.08 Å². The Morgan fingerprint density at radius 3 is 1.74 bits per heavy atom. The van der Waals surface area contributed by atoms with E-state index in [0.717, 1.165) is 25.7 Å². The Labute approximate surface area is 321 Å². The van der Waals surface area contributed by atoms with Gasteiger partial charge in [0.05, 0.1) is 32.0 Å². The summed E-state index contributed by atoms with van der Waals surface area (Å²) in [5, 5.41) is 85.1. The number of rotatable bonds is 28. The monoisotopic (exact) mass is 773 g/mol. The molecule has 14 nitrogen and oxygen atoms in total. The first-order chi connectivity index (χ1) is 26.1. The lowest BCUT2D eigenvalue weighted by Crippen LogP contribution is -2.65. The third-order valence-corrected chi connectivity index (χ3v) is 9.87. The van der Waals surface area contributed by atoms with E-state index in [2.05, 4.69) is 36.5 Å². The summed E-state index contributed by atoms with van der Waals surface area (Å²) in [6.45, 7) is 2.15. The van der Waals surface area contributed by atoms with E-state index in [9.17, 15) is 45.6 Å². The second-order valence-electron chi connectivity index (χ2n) is 14.4. The van der Waals surface area contributed by atoms with Gasteiger partial charge in [-0.15, -0.1) is 0 Å². The van der Waals surface area contributed by atoms with Crippen molar-refractivity contribution in [1.82, 2.24) is 5.32 Å². The normalized spacial score (nSPS) is 30.4. The third-order valence-electron chi connectivity index (χ3n) is 9.87. The number of aliphatic hydroxyl groups is 8. The summed E-state index contributed by atoms with van der Waals surface area (Å²) in [5.41, 5.74) is 0. The second-order valence-corrected chi connectivity index (χ2v) is 14.4. The van der Waals surface area contributed by atoms with E-state index >= 15 is 0 Å². The molecule has 1 amide bonds. The minimum atomic E-state index is -1.79. The lowest BCUT2D eigenvalue weighted by molar-refractivity contribution is -0.359. The third kappa shape index (κ3) is 17.6. The van der Waals surface area contributed by atoms with Gasteiger partial charge in [-0.3, -0.25) is 4.79 Å². The SMILES string of the molecule is CCCCCCCCCCCC/C=C/CC/C=C/CC/C=C/C(O)C(COC1OC(CO)C(OC2OC(CO)C(O)C(O)C2O)C(O)C1O)NC(=O)CC. The van der Waals surface area contributed by atoms with Gasteiger partial charge in [-0.05, 0) is 38.5 Å². The Morgan fingerprint density at radius 2 is 1.17 bits per heavy atom. The van der Waals surface area contributed by atoms with Gasteiger partial charge < -0.3 is 65.1 Å². The fourth-order valence-corrected chi connectivity index (χ4v) is 6.40. The Kier molecular flexibility index (Phi) is 25.6. The number of unbranched alkanes of at least 4 members (excludes halogenated alkanes) is 12. The Hall–Kier alpha value is -1.79. The van der Waals surface area contributed by atoms with E-state index in [-0.39, 0.29) is 18.9 Å². The van der Waals surface area contributed by atoms with Crippen LogP contribution in [0.2, 0.25) is 0 Å². The second kappa shape index (κ2) is 28.6. The molecule has 2 rings (SSSR count). The Balaban J connectivity index is 1.74. The average Bonchev–Trinajstić information content (AvgIpc) is 3.17. The molecule has 12 atom stereocenters. The van der Waals surface area contributed by atoms with Crippen molar-refractivity contribution < 1.29 is 64.6 Å². The van der Waals surface area contributed by atoms with Crippen LogP contribution in [0.4, 0.5) is 0 Å². The van der Waals surface area contributed by atoms with Gasteiger partial charge in [0.1, 0.15) is 48.8 Å². The zero-order valence-corrected chi connectivity index (χ0v) is 32.4. The van der Waals surface area contributed by atoms with Gasteiger partial charge in [0.2, 0.25) is 5.91 Å². The van der Waals surface area contributed by atoms with Gasteiger partial charge in [0.15, 0.2) is 12.6 Å². The molecule has 0 aromatic heterocycles. The highest BCUT2D eigenvalue weighted by Gasteiger charge is 2.50. The summed E-state index contributed by atoms with van der Waals surface area (Å²) in [6.07, 6.45) is 13.3. The van der Waals surface area contributed by atoms with Crippen molar-refractivity contribution in [2.45, 2.75) is 190 Å². The largest absolute Gasteiger partial charge is 0.394 e. The summed E-state index contributed by atoms with van der Waals surface area (Å²) in [5.74, 6) is -0.345. The molecule has 0 bridgehead atoms. The standard InChI is InChI=1S/C40H71NO13/c1-3-5-6-7-8-9-10-11-12-13-14-15-16-17-18-19-20-21-22-23-24-29(44)28(41-32(45)4-2)27-51-39-37(50)35(48)38(31(26-43)53-39)54-40-36(49)34(47)33(46)30(25-42)52-40/h15-16,19-20,23-24,28-31,33-40,42-44,46-50H,3-14,17-18,21-22,25-27H2,1-2H3,(H,41,45)/b16-15+,20-19+,24-23+. The molecule has 0 radical (unpaired) electrons. The summed E-state index contributed by atoms with van der Waals surface area (Å²) in [7, 11) is 0. The number of ether oxygens (including phenoxy) is 4. The van der Waals surface area contributed by atoms with E-state index < -0.39 is 86.8 Å². The number of hydrogen-bond donors (Lipinski definition) is 9. The van der Waals surface area contributed by atoms with Gasteiger partial charge in [0.25, 0.3) is 0 Å². The zero-order valence-electron chi connectivity index (χ0n) is 32.4.